The van der Waals surface area contributed by atoms with E-state index in [1.54, 1.807) is 35.8 Å². The number of anilines is 1. The van der Waals surface area contributed by atoms with Gasteiger partial charge in [0.2, 0.25) is 17.7 Å². The van der Waals surface area contributed by atoms with Crippen LogP contribution < -0.4 is 31.5 Å². The number of hydrogen-bond donors (Lipinski definition) is 6. The van der Waals surface area contributed by atoms with Crippen molar-refractivity contribution in [1.29, 1.82) is 0 Å². The summed E-state index contributed by atoms with van der Waals surface area (Å²) in [5.74, 6) is -2.27. The molecule has 0 aromatic heterocycles. The molecule has 1 atom stereocenters. The third-order valence-electron chi connectivity index (χ3n) is 9.89. The molecule has 3 aromatic rings. The zero-order valence-electron chi connectivity index (χ0n) is 31.9. The molecule has 1 fully saturated rings. The first-order valence-electron chi connectivity index (χ1n) is 19.6. The van der Waals surface area contributed by atoms with E-state index in [9.17, 15) is 33.6 Å². The van der Waals surface area contributed by atoms with E-state index in [0.29, 0.717) is 50.3 Å². The summed E-state index contributed by atoms with van der Waals surface area (Å²) in [4.78, 5) is 87.4. The summed E-state index contributed by atoms with van der Waals surface area (Å²) >= 11 is 0. The molecular weight excluding hydrogens is 732 g/mol. The first-order chi connectivity index (χ1) is 27.7. The number of benzene rings is 3. The van der Waals surface area contributed by atoms with Crippen molar-refractivity contribution in [3.8, 4) is 5.75 Å². The lowest BCUT2D eigenvalue weighted by Gasteiger charge is -2.27. The summed E-state index contributed by atoms with van der Waals surface area (Å²) in [5.41, 5.74) is 4.16. The van der Waals surface area contributed by atoms with Gasteiger partial charge in [-0.15, -0.1) is 0 Å². The van der Waals surface area contributed by atoms with E-state index in [1.807, 2.05) is 24.3 Å². The topological polar surface area (TPSA) is 212 Å². The van der Waals surface area contributed by atoms with E-state index in [4.69, 9.17) is 9.94 Å². The van der Waals surface area contributed by atoms with E-state index in [-0.39, 0.29) is 41.3 Å². The molecule has 1 saturated heterocycles. The Hall–Kier alpha value is -6.09. The van der Waals surface area contributed by atoms with Crippen molar-refractivity contribution in [1.82, 2.24) is 26.3 Å². The third-order valence-corrected chi connectivity index (χ3v) is 9.89. The highest BCUT2D eigenvalue weighted by Crippen LogP contribution is 2.32. The van der Waals surface area contributed by atoms with Crippen molar-refractivity contribution in [2.24, 2.45) is 0 Å². The van der Waals surface area contributed by atoms with Crippen molar-refractivity contribution in [3.63, 3.8) is 0 Å². The average molecular weight is 783 g/mol. The molecule has 15 nitrogen and oxygen atoms in total. The number of hydroxylamine groups is 1. The van der Waals surface area contributed by atoms with Gasteiger partial charge in [0.1, 0.15) is 11.8 Å². The van der Waals surface area contributed by atoms with Crippen LogP contribution in [0, 0.1) is 0 Å². The molecule has 2 heterocycles. The second-order valence-electron chi connectivity index (χ2n) is 14.1. The largest absolute Gasteiger partial charge is 0.494 e. The Morgan fingerprint density at radius 1 is 0.754 bits per heavy atom. The Labute approximate surface area is 331 Å². The molecule has 302 valence electrons. The second kappa shape index (κ2) is 21.3. The fourth-order valence-electron chi connectivity index (χ4n) is 6.78. The van der Waals surface area contributed by atoms with Gasteiger partial charge >= 0.3 is 0 Å². The molecule has 0 radical (unpaired) electrons. The second-order valence-corrected chi connectivity index (χ2v) is 14.1. The highest BCUT2D eigenvalue weighted by Gasteiger charge is 2.45. The van der Waals surface area contributed by atoms with Gasteiger partial charge in [-0.05, 0) is 86.6 Å². The quantitative estimate of drug-likeness (QED) is 0.0368. The van der Waals surface area contributed by atoms with Gasteiger partial charge in [-0.3, -0.25) is 49.0 Å². The van der Waals surface area contributed by atoms with Crippen LogP contribution in [0.3, 0.4) is 0 Å². The molecule has 2 aliphatic rings. The van der Waals surface area contributed by atoms with Gasteiger partial charge in [0, 0.05) is 49.3 Å². The number of fused-ring (bicyclic) bond motifs is 1. The van der Waals surface area contributed by atoms with Crippen molar-refractivity contribution >= 4 is 47.0 Å². The first kappa shape index (κ1) is 42.1. The van der Waals surface area contributed by atoms with E-state index in [0.717, 1.165) is 67.6 Å². The summed E-state index contributed by atoms with van der Waals surface area (Å²) in [6, 6.07) is 17.8. The van der Waals surface area contributed by atoms with Gasteiger partial charge in [0.25, 0.3) is 23.6 Å². The number of unbranched alkanes of at least 4 members (excludes halogenated alkanes) is 6. The molecule has 7 amide bonds. The molecule has 0 saturated carbocycles. The van der Waals surface area contributed by atoms with Crippen molar-refractivity contribution in [3.05, 3.63) is 94.5 Å². The zero-order valence-corrected chi connectivity index (χ0v) is 31.9. The number of carbonyl (C=O) groups excluding carboxylic acids is 7. The first-order valence-corrected chi connectivity index (χ1v) is 19.6. The van der Waals surface area contributed by atoms with Gasteiger partial charge in [0.15, 0.2) is 0 Å². The summed E-state index contributed by atoms with van der Waals surface area (Å²) in [5, 5.41) is 20.1. The van der Waals surface area contributed by atoms with Crippen molar-refractivity contribution in [2.75, 3.05) is 31.6 Å². The standard InChI is InChI=1S/C42H50N6O9/c49-35(15-5-1-4-8-26-57-31-18-16-28(17-19-31)22-25-45-38(51)29-11-9-12-30(27-29)39(52)47-56)44-24-7-3-2-6-23-43-33-14-10-13-32-37(33)42(55)48(41(32)54)34-20-21-36(50)46-40(34)53/h9-14,16-19,27,34,43,56H,1-8,15,20-26H2,(H,44,49)(H,45,51)(H,47,52)(H,46,50,53). The minimum Gasteiger partial charge on any atom is -0.494 e. The van der Waals surface area contributed by atoms with Gasteiger partial charge in [-0.1, -0.05) is 49.9 Å². The van der Waals surface area contributed by atoms with Crippen LogP contribution in [0.5, 0.6) is 5.75 Å². The molecule has 15 heteroatoms. The molecule has 1 unspecified atom stereocenters. The number of hydrogen-bond acceptors (Lipinski definition) is 10. The highest BCUT2D eigenvalue weighted by molar-refractivity contribution is 6.25. The van der Waals surface area contributed by atoms with Crippen molar-refractivity contribution in [2.45, 2.75) is 83.1 Å². The summed E-state index contributed by atoms with van der Waals surface area (Å²) < 4.78 is 5.86. The number of nitrogens with zero attached hydrogens (tertiary/aromatic N) is 1. The van der Waals surface area contributed by atoms with Gasteiger partial charge in [-0.25, -0.2) is 5.48 Å². The van der Waals surface area contributed by atoms with Crippen LogP contribution in [-0.2, 0) is 20.8 Å². The number of imide groups is 2. The SMILES string of the molecule is O=C(CCCCCCOc1ccc(CCNC(=O)c2cccc(C(=O)NO)c2)cc1)NCCCCCCNc1cccc2c1C(=O)N(C1CCC(=O)NC1=O)C2=O. The maximum Gasteiger partial charge on any atom is 0.274 e. The minimum atomic E-state index is -1.000. The summed E-state index contributed by atoms with van der Waals surface area (Å²) in [7, 11) is 0. The Morgan fingerprint density at radius 2 is 1.46 bits per heavy atom. The predicted molar refractivity (Wildman–Crippen MR) is 210 cm³/mol. The molecule has 57 heavy (non-hydrogen) atoms. The van der Waals surface area contributed by atoms with E-state index in [1.165, 1.54) is 12.1 Å². The van der Waals surface area contributed by atoms with Crippen LogP contribution in [0.2, 0.25) is 0 Å². The Kier molecular flexibility index (Phi) is 15.7. The van der Waals surface area contributed by atoms with Crippen LogP contribution in [0.1, 0.15) is 118 Å². The molecule has 0 bridgehead atoms. The van der Waals surface area contributed by atoms with Crippen LogP contribution in [0.4, 0.5) is 5.69 Å². The fraction of sp³-hybridized carbons (Fsp3) is 0.405. The highest BCUT2D eigenvalue weighted by atomic mass is 16.5. The molecule has 2 aliphatic heterocycles. The number of amides is 7. The van der Waals surface area contributed by atoms with Crippen LogP contribution in [0.25, 0.3) is 0 Å². The fourth-order valence-corrected chi connectivity index (χ4v) is 6.78. The number of nitrogens with one attached hydrogen (secondary N) is 5. The van der Waals surface area contributed by atoms with Crippen LogP contribution >= 0.6 is 0 Å². The Bertz CT molecular complexity index is 1930. The molecule has 3 aromatic carbocycles. The Balaban J connectivity index is 0.851. The maximum atomic E-state index is 13.2. The molecule has 5 rings (SSSR count). The predicted octanol–water partition coefficient (Wildman–Crippen LogP) is 4.30. The lowest BCUT2D eigenvalue weighted by molar-refractivity contribution is -0.136. The van der Waals surface area contributed by atoms with E-state index < -0.39 is 35.6 Å². The molecular formula is C42H50N6O9. The summed E-state index contributed by atoms with van der Waals surface area (Å²) in [6.07, 6.45) is 8.44. The molecule has 0 spiro atoms. The normalized spacial score (nSPS) is 14.8. The number of piperidine rings is 1. The molecule has 0 aliphatic carbocycles. The lowest BCUT2D eigenvalue weighted by Crippen LogP contribution is -2.54. The minimum absolute atomic E-state index is 0.0531. The smallest absolute Gasteiger partial charge is 0.274 e. The Morgan fingerprint density at radius 3 is 2.21 bits per heavy atom. The number of rotatable bonds is 22. The third kappa shape index (κ3) is 12.0. The number of carbonyl (C=O) groups is 7. The monoisotopic (exact) mass is 782 g/mol. The zero-order chi connectivity index (χ0) is 40.6. The lowest BCUT2D eigenvalue weighted by atomic mass is 10.0. The van der Waals surface area contributed by atoms with E-state index in [2.05, 4.69) is 21.3 Å². The maximum absolute atomic E-state index is 13.2. The molecule has 6 N–H and O–H groups in total. The average Bonchev–Trinajstić information content (AvgIpc) is 3.47. The van der Waals surface area contributed by atoms with Gasteiger partial charge in [-0.2, -0.15) is 0 Å². The van der Waals surface area contributed by atoms with Gasteiger partial charge < -0.3 is 20.7 Å². The van der Waals surface area contributed by atoms with Gasteiger partial charge in [0.05, 0.1) is 17.7 Å². The van der Waals surface area contributed by atoms with Crippen LogP contribution in [-0.4, -0.2) is 83.7 Å². The van der Waals surface area contributed by atoms with E-state index >= 15 is 0 Å². The van der Waals surface area contributed by atoms with Crippen molar-refractivity contribution < 1.29 is 43.5 Å². The van der Waals surface area contributed by atoms with Crippen LogP contribution in [0.15, 0.2) is 66.7 Å². The number of ether oxygens (including phenoxy) is 1. The summed E-state index contributed by atoms with van der Waals surface area (Å²) in [6.45, 7) is 2.21.